The van der Waals surface area contributed by atoms with Crippen LogP contribution in [0, 0.1) is 5.92 Å². The van der Waals surface area contributed by atoms with Crippen molar-refractivity contribution in [3.05, 3.63) is 0 Å². The molecule has 104 valence electrons. The van der Waals surface area contributed by atoms with E-state index in [-0.39, 0.29) is 24.2 Å². The zero-order valence-electron chi connectivity index (χ0n) is 11.6. The van der Waals surface area contributed by atoms with Gasteiger partial charge in [0.2, 0.25) is 5.91 Å². The van der Waals surface area contributed by atoms with Gasteiger partial charge in [0.05, 0.1) is 11.7 Å². The van der Waals surface area contributed by atoms with Gasteiger partial charge in [0.1, 0.15) is 6.61 Å². The summed E-state index contributed by atoms with van der Waals surface area (Å²) in [6, 6.07) is 0. The number of nitrogens with zero attached hydrogens (tertiary/aromatic N) is 1. The van der Waals surface area contributed by atoms with Gasteiger partial charge in [-0.15, -0.1) is 0 Å². The van der Waals surface area contributed by atoms with Crippen LogP contribution in [0.3, 0.4) is 0 Å². The van der Waals surface area contributed by atoms with Crippen molar-refractivity contribution in [1.82, 2.24) is 10.2 Å². The summed E-state index contributed by atoms with van der Waals surface area (Å²) in [6.45, 7) is 7.56. The molecular weight excluding hydrogens is 232 g/mol. The summed E-state index contributed by atoms with van der Waals surface area (Å²) in [5, 5.41) is 3.16. The zero-order chi connectivity index (χ0) is 13.2. The third-order valence-electron chi connectivity index (χ3n) is 4.09. The van der Waals surface area contributed by atoms with Crippen molar-refractivity contribution in [3.8, 4) is 0 Å². The van der Waals surface area contributed by atoms with Gasteiger partial charge in [0.15, 0.2) is 0 Å². The van der Waals surface area contributed by atoms with Gasteiger partial charge in [0, 0.05) is 33.3 Å². The monoisotopic (exact) mass is 256 g/mol. The van der Waals surface area contributed by atoms with Crippen molar-refractivity contribution in [3.63, 3.8) is 0 Å². The van der Waals surface area contributed by atoms with Crippen LogP contribution in [0.4, 0.5) is 0 Å². The van der Waals surface area contributed by atoms with Gasteiger partial charge in [-0.3, -0.25) is 4.79 Å². The highest BCUT2D eigenvalue weighted by molar-refractivity contribution is 5.77. The van der Waals surface area contributed by atoms with E-state index in [1.54, 1.807) is 7.11 Å². The number of piperidine rings is 1. The average molecular weight is 256 g/mol. The Morgan fingerprint density at radius 1 is 1.50 bits per heavy atom. The van der Waals surface area contributed by atoms with E-state index in [9.17, 15) is 4.79 Å². The predicted molar refractivity (Wildman–Crippen MR) is 68.4 cm³/mol. The van der Waals surface area contributed by atoms with E-state index in [0.29, 0.717) is 12.5 Å². The number of likely N-dealkylation sites (tertiary alicyclic amines) is 1. The first kappa shape index (κ1) is 13.8. The molecule has 0 radical (unpaired) electrons. The molecule has 18 heavy (non-hydrogen) atoms. The summed E-state index contributed by atoms with van der Waals surface area (Å²) in [6.07, 6.45) is 1.16. The Hall–Kier alpha value is -0.650. The molecule has 2 unspecified atom stereocenters. The van der Waals surface area contributed by atoms with Gasteiger partial charge in [-0.1, -0.05) is 6.92 Å². The molecule has 0 aliphatic carbocycles. The lowest BCUT2D eigenvalue weighted by Crippen LogP contribution is -2.60. The molecule has 1 amide bonds. The Morgan fingerprint density at radius 3 is 2.78 bits per heavy atom. The highest BCUT2D eigenvalue weighted by Gasteiger charge is 2.34. The lowest BCUT2D eigenvalue weighted by Gasteiger charge is -2.40. The van der Waals surface area contributed by atoms with Gasteiger partial charge in [0.25, 0.3) is 0 Å². The molecule has 5 heteroatoms. The SMILES string of the molecule is COC1CN(C(=O)COC2(C)CNC2)CCC1C. The highest BCUT2D eigenvalue weighted by Crippen LogP contribution is 2.20. The molecule has 0 aromatic heterocycles. The van der Waals surface area contributed by atoms with Crippen molar-refractivity contribution in [2.24, 2.45) is 5.92 Å². The number of rotatable bonds is 4. The van der Waals surface area contributed by atoms with E-state index in [4.69, 9.17) is 9.47 Å². The Morgan fingerprint density at radius 2 is 2.22 bits per heavy atom. The molecule has 0 aromatic rings. The first-order chi connectivity index (χ1) is 8.54. The third kappa shape index (κ3) is 3.02. The van der Waals surface area contributed by atoms with Crippen molar-refractivity contribution in [2.75, 3.05) is 39.9 Å². The lowest BCUT2D eigenvalue weighted by atomic mass is 9.96. The third-order valence-corrected chi connectivity index (χ3v) is 4.09. The minimum atomic E-state index is -0.153. The molecule has 0 aromatic carbocycles. The molecule has 5 nitrogen and oxygen atoms in total. The summed E-state index contributed by atoms with van der Waals surface area (Å²) in [5.41, 5.74) is -0.153. The molecule has 2 heterocycles. The Kier molecular flexibility index (Phi) is 4.25. The van der Waals surface area contributed by atoms with Crippen LogP contribution in [-0.2, 0) is 14.3 Å². The molecular formula is C13H24N2O3. The van der Waals surface area contributed by atoms with E-state index >= 15 is 0 Å². The second-order valence-electron chi connectivity index (χ2n) is 5.72. The molecule has 2 atom stereocenters. The van der Waals surface area contributed by atoms with E-state index < -0.39 is 0 Å². The molecule has 2 aliphatic rings. The standard InChI is InChI=1S/C13H24N2O3/c1-10-4-5-15(6-11(10)17-3)12(16)7-18-13(2)8-14-9-13/h10-11,14H,4-9H2,1-3H3. The summed E-state index contributed by atoms with van der Waals surface area (Å²) in [4.78, 5) is 13.9. The minimum Gasteiger partial charge on any atom is -0.379 e. The van der Waals surface area contributed by atoms with Gasteiger partial charge in [-0.25, -0.2) is 0 Å². The van der Waals surface area contributed by atoms with Crippen LogP contribution in [-0.4, -0.2) is 62.4 Å². The fourth-order valence-corrected chi connectivity index (χ4v) is 2.47. The topological polar surface area (TPSA) is 50.8 Å². The van der Waals surface area contributed by atoms with Crippen molar-refractivity contribution in [2.45, 2.75) is 32.0 Å². The number of amides is 1. The summed E-state index contributed by atoms with van der Waals surface area (Å²) in [5.74, 6) is 0.602. The van der Waals surface area contributed by atoms with Gasteiger partial charge in [-0.05, 0) is 19.3 Å². The minimum absolute atomic E-state index is 0.0806. The Labute approximate surface area is 109 Å². The van der Waals surface area contributed by atoms with Gasteiger partial charge >= 0.3 is 0 Å². The van der Waals surface area contributed by atoms with E-state index in [2.05, 4.69) is 12.2 Å². The molecule has 2 rings (SSSR count). The second-order valence-corrected chi connectivity index (χ2v) is 5.72. The van der Waals surface area contributed by atoms with Crippen molar-refractivity contribution < 1.29 is 14.3 Å². The zero-order valence-corrected chi connectivity index (χ0v) is 11.6. The summed E-state index contributed by atoms with van der Waals surface area (Å²) >= 11 is 0. The van der Waals surface area contributed by atoms with Crippen LogP contribution in [0.1, 0.15) is 20.3 Å². The number of ether oxygens (including phenoxy) is 2. The molecule has 2 aliphatic heterocycles. The van der Waals surface area contributed by atoms with Crippen LogP contribution in [0.25, 0.3) is 0 Å². The molecule has 2 saturated heterocycles. The van der Waals surface area contributed by atoms with E-state index in [1.807, 2.05) is 11.8 Å². The largest absolute Gasteiger partial charge is 0.379 e. The van der Waals surface area contributed by atoms with E-state index in [0.717, 1.165) is 26.1 Å². The fourth-order valence-electron chi connectivity index (χ4n) is 2.47. The maximum atomic E-state index is 12.1. The smallest absolute Gasteiger partial charge is 0.248 e. The maximum Gasteiger partial charge on any atom is 0.248 e. The number of carbonyl (C=O) groups is 1. The van der Waals surface area contributed by atoms with Crippen LogP contribution < -0.4 is 5.32 Å². The van der Waals surface area contributed by atoms with E-state index in [1.165, 1.54) is 0 Å². The fraction of sp³-hybridized carbons (Fsp3) is 0.923. The molecule has 0 spiro atoms. The number of carbonyl (C=O) groups excluding carboxylic acids is 1. The summed E-state index contributed by atoms with van der Waals surface area (Å²) in [7, 11) is 1.71. The van der Waals surface area contributed by atoms with Gasteiger partial charge < -0.3 is 19.7 Å². The predicted octanol–water partition coefficient (Wildman–Crippen LogP) is 0.248. The normalized spacial score (nSPS) is 30.9. The van der Waals surface area contributed by atoms with Crippen LogP contribution in [0.5, 0.6) is 0 Å². The lowest BCUT2D eigenvalue weighted by molar-refractivity contribution is -0.150. The molecule has 0 bridgehead atoms. The summed E-state index contributed by atoms with van der Waals surface area (Å²) < 4.78 is 11.1. The number of nitrogens with one attached hydrogen (secondary N) is 1. The van der Waals surface area contributed by atoms with Gasteiger partial charge in [-0.2, -0.15) is 0 Å². The van der Waals surface area contributed by atoms with Crippen molar-refractivity contribution >= 4 is 5.91 Å². The number of hydrogen-bond acceptors (Lipinski definition) is 4. The molecule has 1 N–H and O–H groups in total. The molecule has 2 fully saturated rings. The Balaban J connectivity index is 1.78. The van der Waals surface area contributed by atoms with Crippen LogP contribution in [0.2, 0.25) is 0 Å². The number of hydrogen-bond donors (Lipinski definition) is 1. The second kappa shape index (κ2) is 5.55. The van der Waals surface area contributed by atoms with Crippen molar-refractivity contribution in [1.29, 1.82) is 0 Å². The quantitative estimate of drug-likeness (QED) is 0.783. The van der Waals surface area contributed by atoms with Crippen LogP contribution in [0.15, 0.2) is 0 Å². The average Bonchev–Trinajstić information content (AvgIpc) is 2.34. The Bertz CT molecular complexity index is 305. The molecule has 0 saturated carbocycles. The highest BCUT2D eigenvalue weighted by atomic mass is 16.5. The van der Waals surface area contributed by atoms with Crippen LogP contribution >= 0.6 is 0 Å². The first-order valence-corrected chi connectivity index (χ1v) is 6.69. The first-order valence-electron chi connectivity index (χ1n) is 6.69. The maximum absolute atomic E-state index is 12.1. The number of methoxy groups -OCH3 is 1.